The second-order valence-electron chi connectivity index (χ2n) is 2.05. The van der Waals surface area contributed by atoms with Gasteiger partial charge in [-0.2, -0.15) is 0 Å². The Bertz CT molecular complexity index is 221. The molecule has 0 aromatic heterocycles. The SMILES string of the molecule is C/C=C\c1ccc(Br)cc1. The molecule has 0 saturated carbocycles. The van der Waals surface area contributed by atoms with Crippen LogP contribution in [0.2, 0.25) is 0 Å². The Hall–Kier alpha value is -0.560. The van der Waals surface area contributed by atoms with E-state index in [-0.39, 0.29) is 0 Å². The van der Waals surface area contributed by atoms with Crippen molar-refractivity contribution in [2.45, 2.75) is 6.92 Å². The molecule has 1 aromatic rings. The highest BCUT2D eigenvalue weighted by molar-refractivity contribution is 9.10. The smallest absolute Gasteiger partial charge is 0.0175 e. The number of hydrogen-bond acceptors (Lipinski definition) is 0. The third kappa shape index (κ3) is 1.99. The van der Waals surface area contributed by atoms with Gasteiger partial charge in [0.25, 0.3) is 0 Å². The molecule has 1 aromatic carbocycles. The number of allylic oxidation sites excluding steroid dienone is 1. The molecular weight excluding hydrogens is 188 g/mol. The van der Waals surface area contributed by atoms with Crippen molar-refractivity contribution in [1.29, 1.82) is 0 Å². The molecule has 0 fully saturated rings. The van der Waals surface area contributed by atoms with Crippen molar-refractivity contribution in [1.82, 2.24) is 0 Å². The molecule has 0 amide bonds. The van der Waals surface area contributed by atoms with Gasteiger partial charge in [-0.1, -0.05) is 40.2 Å². The van der Waals surface area contributed by atoms with Crippen LogP contribution in [0, 0.1) is 0 Å². The number of benzene rings is 1. The Kier molecular flexibility index (Phi) is 2.69. The molecule has 0 aliphatic carbocycles. The minimum absolute atomic E-state index is 1.13. The second-order valence-corrected chi connectivity index (χ2v) is 2.97. The van der Waals surface area contributed by atoms with E-state index in [0.29, 0.717) is 0 Å². The predicted octanol–water partition coefficient (Wildman–Crippen LogP) is 3.48. The Morgan fingerprint density at radius 1 is 1.20 bits per heavy atom. The van der Waals surface area contributed by atoms with Crippen LogP contribution >= 0.6 is 15.9 Å². The monoisotopic (exact) mass is 196 g/mol. The highest BCUT2D eigenvalue weighted by Gasteiger charge is 1.84. The minimum Gasteiger partial charge on any atom is -0.0871 e. The molecular formula is C9H9Br. The molecule has 0 heterocycles. The first-order chi connectivity index (χ1) is 4.83. The van der Waals surface area contributed by atoms with Crippen molar-refractivity contribution in [3.05, 3.63) is 40.4 Å². The summed E-state index contributed by atoms with van der Waals surface area (Å²) in [5, 5.41) is 0. The lowest BCUT2D eigenvalue weighted by Crippen LogP contribution is -1.68. The van der Waals surface area contributed by atoms with E-state index in [1.807, 2.05) is 25.1 Å². The van der Waals surface area contributed by atoms with Crippen LogP contribution in [-0.4, -0.2) is 0 Å². The van der Waals surface area contributed by atoms with E-state index in [4.69, 9.17) is 0 Å². The van der Waals surface area contributed by atoms with Gasteiger partial charge in [0.15, 0.2) is 0 Å². The van der Waals surface area contributed by atoms with Gasteiger partial charge in [0.2, 0.25) is 0 Å². The summed E-state index contributed by atoms with van der Waals surface area (Å²) in [5.74, 6) is 0. The van der Waals surface area contributed by atoms with E-state index < -0.39 is 0 Å². The molecule has 1 rings (SSSR count). The maximum atomic E-state index is 3.37. The first-order valence-corrected chi connectivity index (χ1v) is 4.00. The van der Waals surface area contributed by atoms with Crippen molar-refractivity contribution in [2.75, 3.05) is 0 Å². The molecule has 0 nitrogen and oxygen atoms in total. The maximum absolute atomic E-state index is 3.37. The summed E-state index contributed by atoms with van der Waals surface area (Å²) >= 11 is 3.37. The second kappa shape index (κ2) is 3.57. The Labute approximate surface area is 69.7 Å². The normalized spacial score (nSPS) is 10.6. The van der Waals surface area contributed by atoms with Crippen LogP contribution in [0.5, 0.6) is 0 Å². The number of rotatable bonds is 1. The van der Waals surface area contributed by atoms with Crippen LogP contribution in [0.25, 0.3) is 6.08 Å². The van der Waals surface area contributed by atoms with Crippen LogP contribution in [0.1, 0.15) is 12.5 Å². The zero-order valence-electron chi connectivity index (χ0n) is 5.84. The largest absolute Gasteiger partial charge is 0.0871 e. The van der Waals surface area contributed by atoms with Crippen molar-refractivity contribution < 1.29 is 0 Å². The van der Waals surface area contributed by atoms with E-state index in [9.17, 15) is 0 Å². The fourth-order valence-electron chi connectivity index (χ4n) is 0.766. The van der Waals surface area contributed by atoms with Gasteiger partial charge in [0.1, 0.15) is 0 Å². The van der Waals surface area contributed by atoms with Gasteiger partial charge in [-0.05, 0) is 24.6 Å². The van der Waals surface area contributed by atoms with Crippen LogP contribution in [0.15, 0.2) is 34.8 Å². The van der Waals surface area contributed by atoms with Gasteiger partial charge in [-0.25, -0.2) is 0 Å². The average molecular weight is 197 g/mol. The topological polar surface area (TPSA) is 0 Å². The molecule has 10 heavy (non-hydrogen) atoms. The maximum Gasteiger partial charge on any atom is 0.0175 e. The Morgan fingerprint density at radius 2 is 1.80 bits per heavy atom. The van der Waals surface area contributed by atoms with Gasteiger partial charge < -0.3 is 0 Å². The van der Waals surface area contributed by atoms with E-state index in [2.05, 4.69) is 34.1 Å². The summed E-state index contributed by atoms with van der Waals surface area (Å²) in [4.78, 5) is 0. The van der Waals surface area contributed by atoms with Gasteiger partial charge in [0, 0.05) is 4.47 Å². The molecule has 0 radical (unpaired) electrons. The molecule has 0 atom stereocenters. The van der Waals surface area contributed by atoms with Crippen molar-refractivity contribution in [2.24, 2.45) is 0 Å². The fraction of sp³-hybridized carbons (Fsp3) is 0.111. The zero-order chi connectivity index (χ0) is 7.40. The molecule has 0 unspecified atom stereocenters. The van der Waals surface area contributed by atoms with E-state index >= 15 is 0 Å². The number of halogens is 1. The van der Waals surface area contributed by atoms with Crippen molar-refractivity contribution >= 4 is 22.0 Å². The minimum atomic E-state index is 1.13. The van der Waals surface area contributed by atoms with Crippen LogP contribution in [-0.2, 0) is 0 Å². The average Bonchev–Trinajstić information content (AvgIpc) is 1.95. The molecule has 0 N–H and O–H groups in total. The van der Waals surface area contributed by atoms with Gasteiger partial charge in [-0.3, -0.25) is 0 Å². The van der Waals surface area contributed by atoms with Gasteiger partial charge >= 0.3 is 0 Å². The highest BCUT2D eigenvalue weighted by atomic mass is 79.9. The predicted molar refractivity (Wildman–Crippen MR) is 48.9 cm³/mol. The summed E-state index contributed by atoms with van der Waals surface area (Å²) in [6.07, 6.45) is 4.11. The van der Waals surface area contributed by atoms with Gasteiger partial charge in [0.05, 0.1) is 0 Å². The first-order valence-electron chi connectivity index (χ1n) is 3.21. The fourth-order valence-corrected chi connectivity index (χ4v) is 1.03. The summed E-state index contributed by atoms with van der Waals surface area (Å²) in [5.41, 5.74) is 1.24. The molecule has 52 valence electrons. The van der Waals surface area contributed by atoms with Crippen LogP contribution < -0.4 is 0 Å². The highest BCUT2D eigenvalue weighted by Crippen LogP contribution is 2.11. The van der Waals surface area contributed by atoms with Crippen molar-refractivity contribution in [3.63, 3.8) is 0 Å². The third-order valence-electron chi connectivity index (χ3n) is 1.23. The van der Waals surface area contributed by atoms with Crippen LogP contribution in [0.4, 0.5) is 0 Å². The molecule has 1 heteroatoms. The number of hydrogen-bond donors (Lipinski definition) is 0. The summed E-state index contributed by atoms with van der Waals surface area (Å²) < 4.78 is 1.13. The molecule has 0 bridgehead atoms. The summed E-state index contributed by atoms with van der Waals surface area (Å²) in [7, 11) is 0. The molecule has 0 aliphatic heterocycles. The zero-order valence-corrected chi connectivity index (χ0v) is 7.43. The molecule has 0 spiro atoms. The van der Waals surface area contributed by atoms with E-state index in [0.717, 1.165) is 4.47 Å². The van der Waals surface area contributed by atoms with Crippen LogP contribution in [0.3, 0.4) is 0 Å². The quantitative estimate of drug-likeness (QED) is 0.646. The molecule has 0 saturated heterocycles. The lowest BCUT2D eigenvalue weighted by atomic mass is 10.2. The lowest BCUT2D eigenvalue weighted by molar-refractivity contribution is 1.60. The van der Waals surface area contributed by atoms with Crippen molar-refractivity contribution in [3.8, 4) is 0 Å². The first kappa shape index (κ1) is 7.55. The lowest BCUT2D eigenvalue weighted by Gasteiger charge is -1.91. The van der Waals surface area contributed by atoms with Gasteiger partial charge in [-0.15, -0.1) is 0 Å². The van der Waals surface area contributed by atoms with E-state index in [1.54, 1.807) is 0 Å². The Morgan fingerprint density at radius 3 is 2.30 bits per heavy atom. The summed E-state index contributed by atoms with van der Waals surface area (Å²) in [6.45, 7) is 2.02. The standard InChI is InChI=1S/C9H9Br/c1-2-3-8-4-6-9(10)7-5-8/h2-7H,1H3/b3-2-. The third-order valence-corrected chi connectivity index (χ3v) is 1.76. The summed E-state index contributed by atoms with van der Waals surface area (Å²) in [6, 6.07) is 8.22. The molecule has 0 aliphatic rings. The van der Waals surface area contributed by atoms with E-state index in [1.165, 1.54) is 5.56 Å². The Balaban J connectivity index is 2.89.